The van der Waals surface area contributed by atoms with E-state index in [1.54, 1.807) is 26.3 Å². The van der Waals surface area contributed by atoms with Crippen LogP contribution in [0.4, 0.5) is 19.0 Å². The van der Waals surface area contributed by atoms with Gasteiger partial charge in [0.1, 0.15) is 11.6 Å². The molecule has 2 aliphatic heterocycles. The van der Waals surface area contributed by atoms with E-state index in [2.05, 4.69) is 10.3 Å². The molecule has 3 atom stereocenters. The maximum absolute atomic E-state index is 13.1. The smallest absolute Gasteiger partial charge is 0.417 e. The van der Waals surface area contributed by atoms with E-state index in [0.29, 0.717) is 11.9 Å². The fourth-order valence-electron chi connectivity index (χ4n) is 4.06. The number of rotatable bonds is 6. The van der Waals surface area contributed by atoms with Gasteiger partial charge in [-0.1, -0.05) is 23.7 Å². The number of carbonyl (C=O) groups is 2. The van der Waals surface area contributed by atoms with E-state index in [1.807, 2.05) is 12.1 Å². The lowest BCUT2D eigenvalue weighted by molar-refractivity contribution is -0.169. The Bertz CT molecular complexity index is 1070. The maximum atomic E-state index is 13.1. The molecule has 12 heteroatoms. The first-order valence-electron chi connectivity index (χ1n) is 9.97. The molecule has 176 valence electrons. The second kappa shape index (κ2) is 8.81. The van der Waals surface area contributed by atoms with Crippen LogP contribution in [-0.2, 0) is 20.6 Å². The summed E-state index contributed by atoms with van der Waals surface area (Å²) in [4.78, 5) is 36.4. The summed E-state index contributed by atoms with van der Waals surface area (Å²) in [5.74, 6) is -0.891. The molecule has 2 amide bonds. The number of hydrogen-bond acceptors (Lipinski definition) is 7. The van der Waals surface area contributed by atoms with Crippen LogP contribution >= 0.6 is 11.6 Å². The minimum absolute atomic E-state index is 0.0217. The number of anilines is 1. The first-order valence-corrected chi connectivity index (χ1v) is 10.3. The van der Waals surface area contributed by atoms with Gasteiger partial charge in [0, 0.05) is 26.3 Å². The molecule has 0 aliphatic carbocycles. The number of benzene rings is 1. The third-order valence-electron chi connectivity index (χ3n) is 5.65. The van der Waals surface area contributed by atoms with Crippen LogP contribution in [-0.4, -0.2) is 60.1 Å². The second-order valence-electron chi connectivity index (χ2n) is 7.62. The number of alkyl halides is 3. The normalized spacial score (nSPS) is 23.2. The number of amides is 2. The van der Waals surface area contributed by atoms with Crippen molar-refractivity contribution < 1.29 is 32.3 Å². The number of imide groups is 1. The first-order chi connectivity index (χ1) is 15.6. The lowest BCUT2D eigenvalue weighted by Crippen LogP contribution is -2.39. The molecule has 1 aromatic heterocycles. The molecule has 3 heterocycles. The van der Waals surface area contributed by atoms with E-state index in [1.165, 1.54) is 5.06 Å². The molecule has 0 saturated carbocycles. The predicted molar refractivity (Wildman–Crippen MR) is 111 cm³/mol. The number of nitrogens with one attached hydrogen (secondary N) is 1. The van der Waals surface area contributed by atoms with E-state index in [0.717, 1.165) is 16.5 Å². The number of halogens is 4. The van der Waals surface area contributed by atoms with Crippen LogP contribution in [0, 0.1) is 5.92 Å². The van der Waals surface area contributed by atoms with Crippen molar-refractivity contribution in [1.82, 2.24) is 14.9 Å². The molecule has 2 fully saturated rings. The van der Waals surface area contributed by atoms with Gasteiger partial charge in [0.15, 0.2) is 6.10 Å². The Balaban J connectivity index is 1.43. The van der Waals surface area contributed by atoms with Gasteiger partial charge in [-0.3, -0.25) is 19.3 Å². The van der Waals surface area contributed by atoms with Crippen LogP contribution in [0.15, 0.2) is 36.5 Å². The monoisotopic (exact) mass is 484 g/mol. The SMILES string of the molecule is COc1ccc([C@@H]2[C@H]3C(=O)N(CCNc4ncc(C(F)(F)F)cc4Cl)C(=O)[C@@H]3ON2C)cc1. The van der Waals surface area contributed by atoms with Gasteiger partial charge in [0.25, 0.3) is 5.91 Å². The molecule has 1 aromatic carbocycles. The van der Waals surface area contributed by atoms with Crippen LogP contribution < -0.4 is 10.1 Å². The first kappa shape index (κ1) is 23.3. The summed E-state index contributed by atoms with van der Waals surface area (Å²) < 4.78 is 43.4. The minimum atomic E-state index is -4.56. The van der Waals surface area contributed by atoms with Crippen molar-refractivity contribution in [1.29, 1.82) is 0 Å². The summed E-state index contributed by atoms with van der Waals surface area (Å²) in [5, 5.41) is 4.06. The average molecular weight is 485 g/mol. The summed E-state index contributed by atoms with van der Waals surface area (Å²) in [6.07, 6.45) is -4.84. The topological polar surface area (TPSA) is 84.0 Å². The van der Waals surface area contributed by atoms with Crippen LogP contribution in [0.25, 0.3) is 0 Å². The number of nitrogens with zero attached hydrogens (tertiary/aromatic N) is 3. The number of aromatic nitrogens is 1. The fraction of sp³-hybridized carbons (Fsp3) is 0.381. The Hall–Kier alpha value is -2.89. The molecule has 2 aliphatic rings. The van der Waals surface area contributed by atoms with Gasteiger partial charge < -0.3 is 10.1 Å². The standard InChI is InChI=1S/C21H20ClF3N4O4/c1-28-16(11-3-5-13(32-2)6-4-11)15-17(33-28)20(31)29(19(15)30)8-7-26-18-14(22)9-12(10-27-18)21(23,24)25/h3-6,9-10,15-17H,7-8H2,1-2H3,(H,26,27)/t15-,16-,17-/m1/s1. The Morgan fingerprint density at radius 2 is 1.91 bits per heavy atom. The van der Waals surface area contributed by atoms with Crippen LogP contribution in [0.5, 0.6) is 5.75 Å². The Labute approximate surface area is 192 Å². The second-order valence-corrected chi connectivity index (χ2v) is 8.03. The fourth-order valence-corrected chi connectivity index (χ4v) is 4.29. The van der Waals surface area contributed by atoms with Crippen LogP contribution in [0.2, 0.25) is 5.02 Å². The number of likely N-dealkylation sites (tertiary alicyclic amines) is 1. The van der Waals surface area contributed by atoms with Crippen molar-refractivity contribution in [3.63, 3.8) is 0 Å². The Morgan fingerprint density at radius 1 is 1.21 bits per heavy atom. The van der Waals surface area contributed by atoms with Gasteiger partial charge in [-0.15, -0.1) is 0 Å². The van der Waals surface area contributed by atoms with E-state index >= 15 is 0 Å². The number of pyridine rings is 1. The summed E-state index contributed by atoms with van der Waals surface area (Å²) in [5.41, 5.74) is -0.172. The highest BCUT2D eigenvalue weighted by Gasteiger charge is 2.58. The maximum Gasteiger partial charge on any atom is 0.417 e. The Kier molecular flexibility index (Phi) is 6.21. The molecular formula is C21H20ClF3N4O4. The molecule has 2 aromatic rings. The van der Waals surface area contributed by atoms with Crippen molar-refractivity contribution in [2.24, 2.45) is 5.92 Å². The Morgan fingerprint density at radius 3 is 2.52 bits per heavy atom. The highest BCUT2D eigenvalue weighted by molar-refractivity contribution is 6.33. The molecule has 8 nitrogen and oxygen atoms in total. The summed E-state index contributed by atoms with van der Waals surface area (Å²) >= 11 is 5.88. The number of ether oxygens (including phenoxy) is 1. The largest absolute Gasteiger partial charge is 0.497 e. The van der Waals surface area contributed by atoms with Crippen molar-refractivity contribution >= 4 is 29.2 Å². The molecule has 1 N–H and O–H groups in total. The molecule has 0 radical (unpaired) electrons. The number of fused-ring (bicyclic) bond motifs is 1. The van der Waals surface area contributed by atoms with Crippen LogP contribution in [0.1, 0.15) is 17.2 Å². The van der Waals surface area contributed by atoms with Gasteiger partial charge in [-0.05, 0) is 23.8 Å². The lowest BCUT2D eigenvalue weighted by atomic mass is 9.91. The number of carbonyl (C=O) groups excluding carboxylic acids is 2. The summed E-state index contributed by atoms with van der Waals surface area (Å²) in [6, 6.07) is 7.45. The molecule has 4 rings (SSSR count). The van der Waals surface area contributed by atoms with Gasteiger partial charge in [0.05, 0.1) is 29.7 Å². The molecule has 0 bridgehead atoms. The van der Waals surface area contributed by atoms with E-state index < -0.39 is 35.7 Å². The lowest BCUT2D eigenvalue weighted by Gasteiger charge is -2.24. The number of methoxy groups -OCH3 is 1. The zero-order chi connectivity index (χ0) is 23.9. The number of hydroxylamine groups is 2. The summed E-state index contributed by atoms with van der Waals surface area (Å²) in [6.45, 7) is 0.0319. The van der Waals surface area contributed by atoms with E-state index in [-0.39, 0.29) is 29.8 Å². The van der Waals surface area contributed by atoms with Crippen molar-refractivity contribution in [2.45, 2.75) is 18.3 Å². The quantitative estimate of drug-likeness (QED) is 0.631. The van der Waals surface area contributed by atoms with Crippen molar-refractivity contribution in [3.8, 4) is 5.75 Å². The molecule has 0 spiro atoms. The van der Waals surface area contributed by atoms with Crippen LogP contribution in [0.3, 0.4) is 0 Å². The minimum Gasteiger partial charge on any atom is -0.497 e. The van der Waals surface area contributed by atoms with Gasteiger partial charge in [0.2, 0.25) is 5.91 Å². The number of hydrogen-bond donors (Lipinski definition) is 1. The predicted octanol–water partition coefficient (Wildman–Crippen LogP) is 3.15. The third kappa shape index (κ3) is 4.35. The van der Waals surface area contributed by atoms with Gasteiger partial charge in [-0.25, -0.2) is 4.98 Å². The average Bonchev–Trinajstić information content (AvgIpc) is 3.23. The molecular weight excluding hydrogens is 465 g/mol. The van der Waals surface area contributed by atoms with E-state index in [9.17, 15) is 22.8 Å². The molecule has 2 saturated heterocycles. The summed E-state index contributed by atoms with van der Waals surface area (Å²) in [7, 11) is 3.21. The third-order valence-corrected chi connectivity index (χ3v) is 5.94. The van der Waals surface area contributed by atoms with Gasteiger partial charge >= 0.3 is 6.18 Å². The highest BCUT2D eigenvalue weighted by atomic mass is 35.5. The zero-order valence-corrected chi connectivity index (χ0v) is 18.4. The molecule has 33 heavy (non-hydrogen) atoms. The zero-order valence-electron chi connectivity index (χ0n) is 17.6. The highest BCUT2D eigenvalue weighted by Crippen LogP contribution is 2.43. The molecule has 0 unspecified atom stereocenters. The van der Waals surface area contributed by atoms with Gasteiger partial charge in [-0.2, -0.15) is 18.2 Å². The van der Waals surface area contributed by atoms with Crippen molar-refractivity contribution in [3.05, 3.63) is 52.7 Å². The van der Waals surface area contributed by atoms with E-state index in [4.69, 9.17) is 21.2 Å². The van der Waals surface area contributed by atoms with Crippen molar-refractivity contribution in [2.75, 3.05) is 32.6 Å².